The Kier molecular flexibility index (Phi) is 5.36. The zero-order valence-corrected chi connectivity index (χ0v) is 14.4. The first-order valence-corrected chi connectivity index (χ1v) is 8.66. The fourth-order valence-corrected chi connectivity index (χ4v) is 3.14. The van der Waals surface area contributed by atoms with Crippen LogP contribution in [0, 0.1) is 5.82 Å². The van der Waals surface area contributed by atoms with E-state index in [-0.39, 0.29) is 17.8 Å². The molecule has 24 heavy (non-hydrogen) atoms. The summed E-state index contributed by atoms with van der Waals surface area (Å²) >= 11 is 0. The highest BCUT2D eigenvalue weighted by Gasteiger charge is 2.30. The summed E-state index contributed by atoms with van der Waals surface area (Å²) in [5.74, 6) is 0.614. The maximum absolute atomic E-state index is 13.5. The standard InChI is InChI=1S/C18H26FN3O2/c1-13(18(23)20-16-4-5-16)22-9-7-21(8-10-22)12-14-11-15(19)3-6-17(14)24-2/h3,6,11,13,16H,4-5,7-10,12H2,1-2H3,(H,20,23)/t13-/m1/s1. The predicted molar refractivity (Wildman–Crippen MR) is 90.4 cm³/mol. The zero-order chi connectivity index (χ0) is 17.1. The number of nitrogens with zero attached hydrogens (tertiary/aromatic N) is 2. The van der Waals surface area contributed by atoms with E-state index in [9.17, 15) is 9.18 Å². The molecule has 1 N–H and O–H groups in total. The molecule has 0 bridgehead atoms. The molecule has 0 aromatic heterocycles. The Labute approximate surface area is 142 Å². The summed E-state index contributed by atoms with van der Waals surface area (Å²) in [6.45, 7) is 6.05. The second-order valence-electron chi connectivity index (χ2n) is 6.73. The second-order valence-corrected chi connectivity index (χ2v) is 6.73. The van der Waals surface area contributed by atoms with E-state index in [1.807, 2.05) is 6.92 Å². The largest absolute Gasteiger partial charge is 0.496 e. The van der Waals surface area contributed by atoms with E-state index in [0.717, 1.165) is 50.3 Å². The fourth-order valence-electron chi connectivity index (χ4n) is 3.14. The lowest BCUT2D eigenvalue weighted by Gasteiger charge is -2.37. The highest BCUT2D eigenvalue weighted by Crippen LogP contribution is 2.22. The molecule has 5 nitrogen and oxygen atoms in total. The summed E-state index contributed by atoms with van der Waals surface area (Å²) in [6, 6.07) is 4.95. The minimum Gasteiger partial charge on any atom is -0.496 e. The molecular formula is C18H26FN3O2. The van der Waals surface area contributed by atoms with E-state index in [1.54, 1.807) is 13.2 Å². The summed E-state index contributed by atoms with van der Waals surface area (Å²) in [7, 11) is 1.61. The molecule has 0 spiro atoms. The third-order valence-electron chi connectivity index (χ3n) is 4.89. The van der Waals surface area contributed by atoms with Crippen molar-refractivity contribution in [2.45, 2.75) is 38.4 Å². The van der Waals surface area contributed by atoms with Crippen molar-refractivity contribution >= 4 is 5.91 Å². The van der Waals surface area contributed by atoms with Crippen molar-refractivity contribution in [2.24, 2.45) is 0 Å². The van der Waals surface area contributed by atoms with Crippen molar-refractivity contribution in [2.75, 3.05) is 33.3 Å². The number of carbonyl (C=O) groups is 1. The van der Waals surface area contributed by atoms with Gasteiger partial charge >= 0.3 is 0 Å². The molecule has 1 saturated carbocycles. The SMILES string of the molecule is COc1ccc(F)cc1CN1CCN([C@H](C)C(=O)NC2CC2)CC1. The molecule has 1 saturated heterocycles. The van der Waals surface area contributed by atoms with Gasteiger partial charge < -0.3 is 10.1 Å². The number of ether oxygens (including phenoxy) is 1. The number of hydrogen-bond acceptors (Lipinski definition) is 4. The van der Waals surface area contributed by atoms with Gasteiger partial charge in [0.15, 0.2) is 0 Å². The van der Waals surface area contributed by atoms with Gasteiger partial charge in [-0.2, -0.15) is 0 Å². The van der Waals surface area contributed by atoms with E-state index in [0.29, 0.717) is 12.6 Å². The Morgan fingerprint density at radius 1 is 1.33 bits per heavy atom. The summed E-state index contributed by atoms with van der Waals surface area (Å²) in [5, 5.41) is 3.07. The van der Waals surface area contributed by atoms with Crippen LogP contribution in [0.5, 0.6) is 5.75 Å². The Morgan fingerprint density at radius 2 is 2.04 bits per heavy atom. The molecule has 132 valence electrons. The van der Waals surface area contributed by atoms with Crippen LogP contribution >= 0.6 is 0 Å². The molecule has 1 atom stereocenters. The van der Waals surface area contributed by atoms with Crippen LogP contribution < -0.4 is 10.1 Å². The van der Waals surface area contributed by atoms with Crippen LogP contribution in [0.2, 0.25) is 0 Å². The zero-order valence-electron chi connectivity index (χ0n) is 14.4. The highest BCUT2D eigenvalue weighted by atomic mass is 19.1. The number of halogens is 1. The second kappa shape index (κ2) is 7.49. The Hall–Kier alpha value is -1.66. The van der Waals surface area contributed by atoms with Gasteiger partial charge in [-0.3, -0.25) is 14.6 Å². The number of hydrogen-bond donors (Lipinski definition) is 1. The summed E-state index contributed by atoms with van der Waals surface area (Å²) < 4.78 is 18.8. The molecule has 1 heterocycles. The van der Waals surface area contributed by atoms with Crippen LogP contribution in [0.15, 0.2) is 18.2 Å². The summed E-state index contributed by atoms with van der Waals surface area (Å²) in [4.78, 5) is 16.7. The van der Waals surface area contributed by atoms with Gasteiger partial charge in [-0.25, -0.2) is 4.39 Å². The molecule has 1 aromatic carbocycles. The Balaban J connectivity index is 1.51. The minimum absolute atomic E-state index is 0.0866. The Bertz CT molecular complexity index is 584. The van der Waals surface area contributed by atoms with Gasteiger partial charge in [-0.1, -0.05) is 0 Å². The molecule has 0 unspecified atom stereocenters. The average molecular weight is 335 g/mol. The third kappa shape index (κ3) is 4.24. The lowest BCUT2D eigenvalue weighted by atomic mass is 10.1. The first-order chi connectivity index (χ1) is 11.6. The van der Waals surface area contributed by atoms with Crippen LogP contribution in [0.25, 0.3) is 0 Å². The van der Waals surface area contributed by atoms with Crippen molar-refractivity contribution in [3.8, 4) is 5.75 Å². The fraction of sp³-hybridized carbons (Fsp3) is 0.611. The number of nitrogens with one attached hydrogen (secondary N) is 1. The number of methoxy groups -OCH3 is 1. The van der Waals surface area contributed by atoms with Gasteiger partial charge in [0.1, 0.15) is 11.6 Å². The number of benzene rings is 1. The monoisotopic (exact) mass is 335 g/mol. The maximum Gasteiger partial charge on any atom is 0.237 e. The number of amides is 1. The average Bonchev–Trinajstić information content (AvgIpc) is 3.39. The quantitative estimate of drug-likeness (QED) is 0.858. The van der Waals surface area contributed by atoms with Crippen molar-refractivity contribution in [3.05, 3.63) is 29.6 Å². The van der Waals surface area contributed by atoms with Crippen LogP contribution in [0.4, 0.5) is 4.39 Å². The smallest absolute Gasteiger partial charge is 0.237 e. The van der Waals surface area contributed by atoms with Gasteiger partial charge in [0, 0.05) is 44.3 Å². The normalized spacial score (nSPS) is 20.6. The lowest BCUT2D eigenvalue weighted by Crippen LogP contribution is -2.53. The molecule has 0 radical (unpaired) electrons. The van der Waals surface area contributed by atoms with Crippen molar-refractivity contribution in [1.82, 2.24) is 15.1 Å². The molecule has 2 aliphatic rings. The molecule has 6 heteroatoms. The lowest BCUT2D eigenvalue weighted by molar-refractivity contribution is -0.126. The van der Waals surface area contributed by atoms with E-state index in [4.69, 9.17) is 4.74 Å². The minimum atomic E-state index is -0.241. The molecule has 1 aliphatic heterocycles. The van der Waals surface area contributed by atoms with Crippen LogP contribution in [0.3, 0.4) is 0 Å². The summed E-state index contributed by atoms with van der Waals surface area (Å²) in [6.07, 6.45) is 2.23. The molecular weight excluding hydrogens is 309 g/mol. The van der Waals surface area contributed by atoms with E-state index >= 15 is 0 Å². The van der Waals surface area contributed by atoms with Gasteiger partial charge in [-0.15, -0.1) is 0 Å². The molecule has 1 aromatic rings. The van der Waals surface area contributed by atoms with Gasteiger partial charge in [0.05, 0.1) is 13.2 Å². The van der Waals surface area contributed by atoms with Crippen molar-refractivity contribution < 1.29 is 13.9 Å². The molecule has 1 amide bonds. The third-order valence-corrected chi connectivity index (χ3v) is 4.89. The van der Waals surface area contributed by atoms with E-state index < -0.39 is 0 Å². The van der Waals surface area contributed by atoms with Crippen molar-refractivity contribution in [3.63, 3.8) is 0 Å². The topological polar surface area (TPSA) is 44.8 Å². The highest BCUT2D eigenvalue weighted by molar-refractivity contribution is 5.81. The maximum atomic E-state index is 13.5. The number of carbonyl (C=O) groups excluding carboxylic acids is 1. The van der Waals surface area contributed by atoms with Crippen LogP contribution in [0.1, 0.15) is 25.3 Å². The van der Waals surface area contributed by atoms with Crippen LogP contribution in [-0.4, -0.2) is 61.1 Å². The van der Waals surface area contributed by atoms with Crippen LogP contribution in [-0.2, 0) is 11.3 Å². The van der Waals surface area contributed by atoms with E-state index in [2.05, 4.69) is 15.1 Å². The Morgan fingerprint density at radius 3 is 2.67 bits per heavy atom. The number of piperazine rings is 1. The van der Waals surface area contributed by atoms with E-state index in [1.165, 1.54) is 12.1 Å². The van der Waals surface area contributed by atoms with Gasteiger partial charge in [0.25, 0.3) is 0 Å². The molecule has 2 fully saturated rings. The predicted octanol–water partition coefficient (Wildman–Crippen LogP) is 1.62. The molecule has 1 aliphatic carbocycles. The number of rotatable bonds is 6. The molecule has 3 rings (SSSR count). The van der Waals surface area contributed by atoms with Gasteiger partial charge in [-0.05, 0) is 38.0 Å². The first-order valence-electron chi connectivity index (χ1n) is 8.66. The summed E-state index contributed by atoms with van der Waals surface area (Å²) in [5.41, 5.74) is 0.866. The van der Waals surface area contributed by atoms with Gasteiger partial charge in [0.2, 0.25) is 5.91 Å². The van der Waals surface area contributed by atoms with Crippen molar-refractivity contribution in [1.29, 1.82) is 0 Å². The first kappa shape index (κ1) is 17.2.